The maximum atomic E-state index is 6.93. The zero-order valence-corrected chi connectivity index (χ0v) is 27.9. The molecule has 0 unspecified atom stereocenters. The van der Waals surface area contributed by atoms with E-state index in [1.165, 1.54) is 77.3 Å². The summed E-state index contributed by atoms with van der Waals surface area (Å²) in [6, 6.07) is 55.6. The first-order valence-corrected chi connectivity index (χ1v) is 17.2. The summed E-state index contributed by atoms with van der Waals surface area (Å²) >= 11 is 0. The fourth-order valence-electron chi connectivity index (χ4n) is 8.16. The van der Waals surface area contributed by atoms with Crippen molar-refractivity contribution in [1.29, 1.82) is 0 Å². The van der Waals surface area contributed by atoms with E-state index in [0.717, 1.165) is 17.1 Å². The lowest BCUT2D eigenvalue weighted by Crippen LogP contribution is -2.58. The molecule has 0 bridgehead atoms. The standard InChI is InChI=1S/C46H34BNO/c1-46(2,3)35-20-22-42-38(28-35)47-39-25-33(30-15-9-5-10-16-30)24-37-36-23-32(29-13-7-4-8-14-29)19-21-40(36)48(45(37)39)41-26-34(27-43(49-42)44(41)47)31-17-11-6-12-18-31/h4-28H,1-3H3. The van der Waals surface area contributed by atoms with Crippen LogP contribution in [0.25, 0.3) is 60.9 Å². The van der Waals surface area contributed by atoms with Crippen LogP contribution in [0.5, 0.6) is 11.5 Å². The van der Waals surface area contributed by atoms with Crippen molar-refractivity contribution in [1.82, 2.24) is 4.57 Å². The Balaban J connectivity index is 1.36. The molecule has 0 spiro atoms. The van der Waals surface area contributed by atoms with Gasteiger partial charge in [-0.05, 0) is 97.1 Å². The van der Waals surface area contributed by atoms with Crippen molar-refractivity contribution in [2.45, 2.75) is 26.2 Å². The van der Waals surface area contributed by atoms with Crippen molar-refractivity contribution in [2.75, 3.05) is 0 Å². The third kappa shape index (κ3) is 4.28. The van der Waals surface area contributed by atoms with Crippen LogP contribution in [0.2, 0.25) is 0 Å². The van der Waals surface area contributed by atoms with Gasteiger partial charge in [0.1, 0.15) is 11.5 Å². The van der Waals surface area contributed by atoms with E-state index in [9.17, 15) is 0 Å². The topological polar surface area (TPSA) is 14.2 Å². The molecule has 8 aromatic rings. The normalized spacial score (nSPS) is 12.9. The highest BCUT2D eigenvalue weighted by molar-refractivity contribution is 6.99. The molecule has 232 valence electrons. The molecule has 0 N–H and O–H groups in total. The summed E-state index contributed by atoms with van der Waals surface area (Å²) < 4.78 is 9.45. The quantitative estimate of drug-likeness (QED) is 0.178. The monoisotopic (exact) mass is 627 g/mol. The Kier molecular flexibility index (Phi) is 5.96. The smallest absolute Gasteiger partial charge is 0.256 e. The molecule has 7 aromatic carbocycles. The van der Waals surface area contributed by atoms with Crippen LogP contribution in [0.15, 0.2) is 152 Å². The van der Waals surface area contributed by atoms with Gasteiger partial charge in [0, 0.05) is 22.0 Å². The van der Waals surface area contributed by atoms with Gasteiger partial charge in [-0.25, -0.2) is 0 Å². The Bertz CT molecular complexity index is 2600. The molecule has 0 aliphatic carbocycles. The summed E-state index contributed by atoms with van der Waals surface area (Å²) in [7, 11) is 0. The number of benzene rings is 7. The van der Waals surface area contributed by atoms with Gasteiger partial charge in [0.2, 0.25) is 0 Å². The van der Waals surface area contributed by atoms with Crippen molar-refractivity contribution in [3.63, 3.8) is 0 Å². The Labute approximate surface area is 287 Å². The molecule has 0 saturated carbocycles. The second kappa shape index (κ2) is 10.4. The second-order valence-electron chi connectivity index (χ2n) is 14.6. The van der Waals surface area contributed by atoms with E-state index >= 15 is 0 Å². The lowest BCUT2D eigenvalue weighted by Gasteiger charge is -2.35. The molecule has 2 aliphatic rings. The van der Waals surface area contributed by atoms with Gasteiger partial charge < -0.3 is 9.30 Å². The fourth-order valence-corrected chi connectivity index (χ4v) is 8.16. The molecule has 49 heavy (non-hydrogen) atoms. The molecular formula is C46H34BNO. The SMILES string of the molecule is CC(C)(C)c1ccc2c(c1)B1c3c(cc(-c4ccccc4)cc3-n3c4ccc(-c5ccccc5)cc4c4cc(-c5ccccc5)cc1c43)O2. The third-order valence-electron chi connectivity index (χ3n) is 10.6. The number of nitrogens with zero attached hydrogens (tertiary/aromatic N) is 1. The molecular weight excluding hydrogens is 593 g/mol. The van der Waals surface area contributed by atoms with Crippen LogP contribution in [0.3, 0.4) is 0 Å². The fraction of sp³-hybridized carbons (Fsp3) is 0.0870. The van der Waals surface area contributed by atoms with Gasteiger partial charge in [-0.2, -0.15) is 0 Å². The minimum atomic E-state index is 0.00785. The third-order valence-corrected chi connectivity index (χ3v) is 10.6. The highest BCUT2D eigenvalue weighted by atomic mass is 16.5. The summed E-state index contributed by atoms with van der Waals surface area (Å²) in [5, 5.41) is 2.54. The maximum absolute atomic E-state index is 6.93. The molecule has 0 amide bonds. The Morgan fingerprint density at radius 3 is 1.76 bits per heavy atom. The van der Waals surface area contributed by atoms with Gasteiger partial charge in [0.15, 0.2) is 0 Å². The zero-order chi connectivity index (χ0) is 32.9. The van der Waals surface area contributed by atoms with Gasteiger partial charge in [0.25, 0.3) is 6.71 Å². The average molecular weight is 628 g/mol. The highest BCUT2D eigenvalue weighted by Gasteiger charge is 2.41. The number of aromatic nitrogens is 1. The van der Waals surface area contributed by atoms with Crippen LogP contribution >= 0.6 is 0 Å². The molecule has 3 heteroatoms. The maximum Gasteiger partial charge on any atom is 0.256 e. The number of ether oxygens (including phenoxy) is 1. The molecule has 0 radical (unpaired) electrons. The number of fused-ring (bicyclic) bond motifs is 7. The predicted molar refractivity (Wildman–Crippen MR) is 207 cm³/mol. The van der Waals surface area contributed by atoms with Gasteiger partial charge in [-0.3, -0.25) is 0 Å². The van der Waals surface area contributed by atoms with E-state index in [-0.39, 0.29) is 12.1 Å². The Morgan fingerprint density at radius 1 is 0.490 bits per heavy atom. The molecule has 3 heterocycles. The largest absolute Gasteiger partial charge is 0.458 e. The van der Waals surface area contributed by atoms with E-state index in [1.54, 1.807) is 0 Å². The van der Waals surface area contributed by atoms with E-state index < -0.39 is 0 Å². The molecule has 0 fully saturated rings. The summed E-state index contributed by atoms with van der Waals surface area (Å²) in [5.41, 5.74) is 16.0. The molecule has 10 rings (SSSR count). The van der Waals surface area contributed by atoms with Crippen LogP contribution < -0.4 is 21.1 Å². The van der Waals surface area contributed by atoms with Crippen molar-refractivity contribution in [2.24, 2.45) is 0 Å². The van der Waals surface area contributed by atoms with Crippen molar-refractivity contribution < 1.29 is 4.74 Å². The molecule has 0 saturated heterocycles. The molecule has 2 nitrogen and oxygen atoms in total. The van der Waals surface area contributed by atoms with Crippen molar-refractivity contribution in [3.05, 3.63) is 157 Å². The number of hydrogen-bond acceptors (Lipinski definition) is 1. The zero-order valence-electron chi connectivity index (χ0n) is 27.9. The highest BCUT2D eigenvalue weighted by Crippen LogP contribution is 2.42. The average Bonchev–Trinajstić information content (AvgIpc) is 3.47. The predicted octanol–water partition coefficient (Wildman–Crippen LogP) is 10.0. The molecule has 2 aliphatic heterocycles. The lowest BCUT2D eigenvalue weighted by molar-refractivity contribution is 0.486. The summed E-state index contributed by atoms with van der Waals surface area (Å²) in [6.45, 7) is 6.90. The van der Waals surface area contributed by atoms with E-state index in [4.69, 9.17) is 4.74 Å². The second-order valence-corrected chi connectivity index (χ2v) is 14.6. The summed E-state index contributed by atoms with van der Waals surface area (Å²) in [4.78, 5) is 0. The van der Waals surface area contributed by atoms with Gasteiger partial charge in [-0.1, -0.05) is 136 Å². The van der Waals surface area contributed by atoms with Crippen LogP contribution in [0.4, 0.5) is 0 Å². The molecule has 1 aromatic heterocycles. The van der Waals surface area contributed by atoms with Crippen LogP contribution in [-0.2, 0) is 5.41 Å². The minimum Gasteiger partial charge on any atom is -0.458 e. The summed E-state index contributed by atoms with van der Waals surface area (Å²) in [5.74, 6) is 1.87. The number of rotatable bonds is 3. The number of hydrogen-bond donors (Lipinski definition) is 0. The van der Waals surface area contributed by atoms with Crippen molar-refractivity contribution in [3.8, 4) is 50.6 Å². The van der Waals surface area contributed by atoms with Gasteiger partial charge in [0.05, 0.1) is 5.52 Å². The first-order chi connectivity index (χ1) is 23.9. The van der Waals surface area contributed by atoms with Crippen LogP contribution in [0.1, 0.15) is 26.3 Å². The Morgan fingerprint density at radius 2 is 1.10 bits per heavy atom. The van der Waals surface area contributed by atoms with Crippen LogP contribution in [0, 0.1) is 0 Å². The van der Waals surface area contributed by atoms with Gasteiger partial charge >= 0.3 is 0 Å². The van der Waals surface area contributed by atoms with Crippen molar-refractivity contribution >= 4 is 44.9 Å². The first-order valence-electron chi connectivity index (χ1n) is 17.2. The van der Waals surface area contributed by atoms with E-state index in [2.05, 4.69) is 177 Å². The Hall–Kier alpha value is -5.80. The lowest BCUT2D eigenvalue weighted by atomic mass is 9.34. The van der Waals surface area contributed by atoms with E-state index in [0.29, 0.717) is 0 Å². The minimum absolute atomic E-state index is 0.00785. The first kappa shape index (κ1) is 28.2. The van der Waals surface area contributed by atoms with Gasteiger partial charge in [-0.15, -0.1) is 0 Å². The van der Waals surface area contributed by atoms with Crippen LogP contribution in [-0.4, -0.2) is 11.3 Å². The van der Waals surface area contributed by atoms with E-state index in [1.807, 2.05) is 0 Å². The summed E-state index contributed by atoms with van der Waals surface area (Å²) in [6.07, 6.45) is 0. The molecule has 0 atom stereocenters.